The first-order chi connectivity index (χ1) is 30.5. The van der Waals surface area contributed by atoms with Crippen molar-refractivity contribution in [3.8, 4) is 11.1 Å². The molecule has 5 unspecified atom stereocenters. The first-order valence-electron chi connectivity index (χ1n) is 22.2. The van der Waals surface area contributed by atoms with Gasteiger partial charge in [0.1, 0.15) is 0 Å². The number of rotatable bonds is 9. The van der Waals surface area contributed by atoms with Crippen LogP contribution >= 0.6 is 0 Å². The first-order valence-corrected chi connectivity index (χ1v) is 22.2. The Labute approximate surface area is 366 Å². The largest absolute Gasteiger partial charge is 0.358 e. The van der Waals surface area contributed by atoms with Crippen molar-refractivity contribution in [2.45, 2.75) is 49.6 Å². The number of anilines is 2. The molecule has 0 heterocycles. The van der Waals surface area contributed by atoms with Gasteiger partial charge < -0.3 is 16.0 Å². The van der Waals surface area contributed by atoms with Crippen LogP contribution in [0.1, 0.15) is 71.5 Å². The van der Waals surface area contributed by atoms with Gasteiger partial charge in [-0.25, -0.2) is 0 Å². The summed E-state index contributed by atoms with van der Waals surface area (Å²) >= 11 is 0. The molecule has 3 nitrogen and oxygen atoms in total. The molecular formula is C59H51N3. The quantitative estimate of drug-likeness (QED) is 0.136. The standard InChI is InChI=1S/C59H51N3/c1-59(2)52-36-42(60-54-31-17-14-26-43(54)39-20-6-3-7-21-39)34-35-46(52)49-37-50-51(38-53(49)59)58(62-56-33-19-16-28-45(56)41-24-10-5-11-25-41)48-30-13-12-29-47(48)57(50)61-55-32-18-15-27-44(55)40-22-8-4-9-23-40/h3-25,27-38,43-44,50,55,57,60-62H,26H2,1-2H3. The monoisotopic (exact) mass is 801 g/mol. The van der Waals surface area contributed by atoms with E-state index in [1.807, 2.05) is 0 Å². The van der Waals surface area contributed by atoms with E-state index in [0.29, 0.717) is 5.92 Å². The molecule has 0 aromatic heterocycles. The summed E-state index contributed by atoms with van der Waals surface area (Å²) in [5.74, 6) is 0.579. The van der Waals surface area contributed by atoms with Crippen LogP contribution in [0, 0.1) is 5.92 Å². The molecule has 6 aromatic carbocycles. The molecule has 11 rings (SSSR count). The summed E-state index contributed by atoms with van der Waals surface area (Å²) in [6.45, 7) is 4.82. The molecule has 6 aromatic rings. The SMILES string of the molecule is CC1(C)C2=CC3=C(Nc4ccccc4-c4ccccc4)c4ccccc4C(NC4C=CC=CC4c4ccccc4)C3C=C2c2ccc(NC3=CC=CCC3c3ccccc3)cc21. The maximum Gasteiger partial charge on any atom is 0.0500 e. The normalized spacial score (nSPS) is 22.7. The zero-order valence-corrected chi connectivity index (χ0v) is 35.3. The van der Waals surface area contributed by atoms with E-state index in [9.17, 15) is 0 Å². The summed E-state index contributed by atoms with van der Waals surface area (Å²) in [6.07, 6.45) is 22.0. The Hall–Kier alpha value is -6.94. The van der Waals surface area contributed by atoms with Crippen molar-refractivity contribution in [2.75, 3.05) is 10.6 Å². The van der Waals surface area contributed by atoms with E-state index < -0.39 is 0 Å². The molecule has 0 saturated carbocycles. The van der Waals surface area contributed by atoms with E-state index >= 15 is 0 Å². The fraction of sp³-hybridized carbons (Fsp3) is 0.153. The molecule has 5 atom stereocenters. The molecular weight excluding hydrogens is 751 g/mol. The number of benzene rings is 6. The first kappa shape index (κ1) is 38.0. The molecule has 0 saturated heterocycles. The van der Waals surface area contributed by atoms with E-state index in [2.05, 4.69) is 242 Å². The van der Waals surface area contributed by atoms with Crippen LogP contribution < -0.4 is 16.0 Å². The Morgan fingerprint density at radius 1 is 0.597 bits per heavy atom. The van der Waals surface area contributed by atoms with Crippen molar-refractivity contribution in [1.29, 1.82) is 0 Å². The van der Waals surface area contributed by atoms with Crippen molar-refractivity contribution in [3.05, 3.63) is 263 Å². The summed E-state index contributed by atoms with van der Waals surface area (Å²) < 4.78 is 0. The minimum absolute atomic E-state index is 0.0306. The van der Waals surface area contributed by atoms with Crippen molar-refractivity contribution in [1.82, 2.24) is 5.32 Å². The Bertz CT molecular complexity index is 2890. The summed E-state index contributed by atoms with van der Waals surface area (Å²) in [5, 5.41) is 12.3. The minimum Gasteiger partial charge on any atom is -0.358 e. The van der Waals surface area contributed by atoms with Gasteiger partial charge in [-0.15, -0.1) is 0 Å². The van der Waals surface area contributed by atoms with Crippen LogP contribution in [0.4, 0.5) is 11.4 Å². The lowest BCUT2D eigenvalue weighted by Crippen LogP contribution is -2.42. The molecule has 0 radical (unpaired) electrons. The van der Waals surface area contributed by atoms with Gasteiger partial charge in [0.2, 0.25) is 0 Å². The average molecular weight is 802 g/mol. The van der Waals surface area contributed by atoms with Gasteiger partial charge in [0.25, 0.3) is 0 Å². The van der Waals surface area contributed by atoms with Crippen LogP contribution in [0.25, 0.3) is 22.4 Å². The highest BCUT2D eigenvalue weighted by molar-refractivity contribution is 5.97. The van der Waals surface area contributed by atoms with Crippen molar-refractivity contribution >= 4 is 22.6 Å². The van der Waals surface area contributed by atoms with Crippen molar-refractivity contribution in [3.63, 3.8) is 0 Å². The molecule has 3 heteroatoms. The maximum atomic E-state index is 4.28. The highest BCUT2D eigenvalue weighted by Gasteiger charge is 2.45. The molecule has 5 aliphatic rings. The molecule has 0 aliphatic heterocycles. The molecule has 5 aliphatic carbocycles. The number of hydrogen-bond donors (Lipinski definition) is 3. The summed E-state index contributed by atoms with van der Waals surface area (Å²) in [4.78, 5) is 0. The van der Waals surface area contributed by atoms with E-state index in [0.717, 1.165) is 17.8 Å². The van der Waals surface area contributed by atoms with Crippen LogP contribution in [-0.4, -0.2) is 6.04 Å². The van der Waals surface area contributed by atoms with Crippen LogP contribution in [0.5, 0.6) is 0 Å². The van der Waals surface area contributed by atoms with Gasteiger partial charge in [-0.05, 0) is 80.8 Å². The lowest BCUT2D eigenvalue weighted by atomic mass is 9.70. The highest BCUT2D eigenvalue weighted by atomic mass is 15.0. The Balaban J connectivity index is 1.03. The molecule has 62 heavy (non-hydrogen) atoms. The second-order valence-corrected chi connectivity index (χ2v) is 17.8. The smallest absolute Gasteiger partial charge is 0.0500 e. The fourth-order valence-electron chi connectivity index (χ4n) is 10.6. The molecule has 302 valence electrons. The van der Waals surface area contributed by atoms with Gasteiger partial charge in [-0.1, -0.05) is 202 Å². The maximum absolute atomic E-state index is 4.28. The van der Waals surface area contributed by atoms with Gasteiger partial charge in [-0.2, -0.15) is 0 Å². The second-order valence-electron chi connectivity index (χ2n) is 17.8. The van der Waals surface area contributed by atoms with Gasteiger partial charge in [-0.3, -0.25) is 0 Å². The number of para-hydroxylation sites is 1. The minimum atomic E-state index is -0.223. The number of fused-ring (bicyclic) bond motifs is 5. The van der Waals surface area contributed by atoms with E-state index in [4.69, 9.17) is 0 Å². The second kappa shape index (κ2) is 15.8. The third-order valence-electron chi connectivity index (χ3n) is 13.8. The van der Waals surface area contributed by atoms with E-state index in [1.165, 1.54) is 72.6 Å². The Morgan fingerprint density at radius 3 is 2.10 bits per heavy atom. The molecule has 0 fully saturated rings. The van der Waals surface area contributed by atoms with Crippen LogP contribution in [0.2, 0.25) is 0 Å². The highest BCUT2D eigenvalue weighted by Crippen LogP contribution is 2.57. The number of nitrogens with one attached hydrogen (secondary N) is 3. The van der Waals surface area contributed by atoms with Gasteiger partial charge in [0.05, 0.1) is 5.70 Å². The van der Waals surface area contributed by atoms with Crippen LogP contribution in [0.15, 0.2) is 229 Å². The van der Waals surface area contributed by atoms with Crippen LogP contribution in [-0.2, 0) is 5.41 Å². The summed E-state index contributed by atoms with van der Waals surface area (Å²) in [6, 6.07) is 57.6. The van der Waals surface area contributed by atoms with Gasteiger partial charge in [0.15, 0.2) is 0 Å². The average Bonchev–Trinajstić information content (AvgIpc) is 3.55. The Kier molecular flexibility index (Phi) is 9.70. The van der Waals surface area contributed by atoms with Gasteiger partial charge >= 0.3 is 0 Å². The predicted molar refractivity (Wildman–Crippen MR) is 260 cm³/mol. The van der Waals surface area contributed by atoms with E-state index in [1.54, 1.807) is 0 Å². The van der Waals surface area contributed by atoms with Crippen molar-refractivity contribution < 1.29 is 0 Å². The third-order valence-corrected chi connectivity index (χ3v) is 13.8. The lowest BCUT2D eigenvalue weighted by molar-refractivity contribution is 0.405. The van der Waals surface area contributed by atoms with Crippen LogP contribution in [0.3, 0.4) is 0 Å². The molecule has 3 N–H and O–H groups in total. The lowest BCUT2D eigenvalue weighted by Gasteiger charge is -2.41. The van der Waals surface area contributed by atoms with Gasteiger partial charge in [0, 0.05) is 63.5 Å². The number of allylic oxidation sites excluding steroid dienone is 9. The van der Waals surface area contributed by atoms with Crippen molar-refractivity contribution in [2.24, 2.45) is 5.92 Å². The zero-order valence-electron chi connectivity index (χ0n) is 35.3. The zero-order chi connectivity index (χ0) is 41.6. The number of hydrogen-bond acceptors (Lipinski definition) is 3. The fourth-order valence-corrected chi connectivity index (χ4v) is 10.6. The predicted octanol–water partition coefficient (Wildman–Crippen LogP) is 14.1. The molecule has 0 amide bonds. The Morgan fingerprint density at radius 2 is 1.29 bits per heavy atom. The summed E-state index contributed by atoms with van der Waals surface area (Å²) in [7, 11) is 0. The topological polar surface area (TPSA) is 36.1 Å². The summed E-state index contributed by atoms with van der Waals surface area (Å²) in [5.41, 5.74) is 18.7. The van der Waals surface area contributed by atoms with E-state index in [-0.39, 0.29) is 29.3 Å². The third kappa shape index (κ3) is 6.74. The molecule has 0 spiro atoms. The molecule has 0 bridgehead atoms.